The van der Waals surface area contributed by atoms with E-state index in [-0.39, 0.29) is 11.5 Å². The smallest absolute Gasteiger partial charge is 0.329 e. The van der Waals surface area contributed by atoms with Crippen LogP contribution in [0, 0.1) is 5.92 Å². The largest absolute Gasteiger partial charge is 0.497 e. The molecule has 2 amide bonds. The molecule has 0 aliphatic rings. The molecule has 2 aromatic rings. The van der Waals surface area contributed by atoms with Gasteiger partial charge in [0.2, 0.25) is 0 Å². The molecule has 2 rings (SSSR count). The third-order valence-corrected chi connectivity index (χ3v) is 5.03. The molecule has 0 saturated heterocycles. The van der Waals surface area contributed by atoms with Crippen molar-refractivity contribution in [3.63, 3.8) is 0 Å². The Morgan fingerprint density at radius 3 is 1.94 bits per heavy atom. The summed E-state index contributed by atoms with van der Waals surface area (Å²) in [7, 11) is 2.96. The second-order valence-electron chi connectivity index (χ2n) is 8.23. The van der Waals surface area contributed by atoms with Crippen LogP contribution in [0.4, 0.5) is 5.69 Å². The third kappa shape index (κ3) is 7.52. The van der Waals surface area contributed by atoms with Gasteiger partial charge in [0, 0.05) is 17.3 Å². The quantitative estimate of drug-likeness (QED) is 0.528. The monoisotopic (exact) mass is 456 g/mol. The normalized spacial score (nSPS) is 11.6. The first-order chi connectivity index (χ1) is 15.6. The number of amides is 2. The van der Waals surface area contributed by atoms with E-state index in [1.807, 2.05) is 12.1 Å². The van der Waals surface area contributed by atoms with Crippen LogP contribution in [-0.2, 0) is 14.3 Å². The van der Waals surface area contributed by atoms with Crippen molar-refractivity contribution >= 4 is 23.5 Å². The van der Waals surface area contributed by atoms with Gasteiger partial charge in [0.15, 0.2) is 6.61 Å². The van der Waals surface area contributed by atoms with Crippen molar-refractivity contribution in [2.45, 2.75) is 39.7 Å². The molecule has 2 aromatic carbocycles. The van der Waals surface area contributed by atoms with Crippen LogP contribution in [0.5, 0.6) is 11.5 Å². The summed E-state index contributed by atoms with van der Waals surface area (Å²) in [4.78, 5) is 37.6. The van der Waals surface area contributed by atoms with Crippen molar-refractivity contribution in [2.24, 2.45) is 5.92 Å². The Morgan fingerprint density at radius 2 is 1.45 bits per heavy atom. The second-order valence-corrected chi connectivity index (χ2v) is 8.23. The number of nitrogens with one attached hydrogen (secondary N) is 2. The van der Waals surface area contributed by atoms with Gasteiger partial charge < -0.3 is 24.8 Å². The van der Waals surface area contributed by atoms with Crippen LogP contribution in [0.25, 0.3) is 0 Å². The van der Waals surface area contributed by atoms with E-state index in [9.17, 15) is 14.4 Å². The first kappa shape index (κ1) is 25.7. The molecule has 8 nitrogen and oxygen atoms in total. The molecule has 0 fully saturated rings. The molecular weight excluding hydrogens is 424 g/mol. The lowest BCUT2D eigenvalue weighted by Crippen LogP contribution is -2.46. The average Bonchev–Trinajstić information content (AvgIpc) is 2.80. The van der Waals surface area contributed by atoms with Gasteiger partial charge in [-0.1, -0.05) is 39.8 Å². The van der Waals surface area contributed by atoms with Crippen LogP contribution < -0.4 is 20.1 Å². The highest BCUT2D eigenvalue weighted by Crippen LogP contribution is 2.23. The maximum absolute atomic E-state index is 12.7. The minimum absolute atomic E-state index is 0.263. The molecule has 8 heteroatoms. The van der Waals surface area contributed by atoms with Crippen LogP contribution in [0.2, 0.25) is 0 Å². The fraction of sp³-hybridized carbons (Fsp3) is 0.400. The molecule has 0 radical (unpaired) electrons. The molecule has 1 atom stereocenters. The zero-order valence-electron chi connectivity index (χ0n) is 19.9. The molecule has 0 bridgehead atoms. The summed E-state index contributed by atoms with van der Waals surface area (Å²) in [5.74, 6) is -0.636. The van der Waals surface area contributed by atoms with Crippen LogP contribution in [0.15, 0.2) is 42.5 Å². The van der Waals surface area contributed by atoms with Gasteiger partial charge in [-0.2, -0.15) is 0 Å². The molecule has 0 heterocycles. The zero-order chi connectivity index (χ0) is 24.5. The highest BCUT2D eigenvalue weighted by atomic mass is 16.5. The Morgan fingerprint density at radius 1 is 0.879 bits per heavy atom. The first-order valence-electron chi connectivity index (χ1n) is 10.7. The van der Waals surface area contributed by atoms with Crippen molar-refractivity contribution in [3.8, 4) is 11.5 Å². The minimum atomic E-state index is -0.937. The summed E-state index contributed by atoms with van der Waals surface area (Å²) in [5, 5.41) is 5.36. The predicted octanol–water partition coefficient (Wildman–Crippen LogP) is 3.76. The fourth-order valence-electron chi connectivity index (χ4n) is 3.04. The van der Waals surface area contributed by atoms with Gasteiger partial charge in [-0.05, 0) is 41.7 Å². The standard InChI is InChI=1S/C25H32N2O6/c1-15(2)17-7-9-19(10-8-17)26-22(28)14-33-25(30)23(16(3)4)27-24(29)18-11-20(31-5)13-21(12-18)32-6/h7-13,15-16,23H,14H2,1-6H3,(H,26,28)(H,27,29)/t23-/m0/s1. The van der Waals surface area contributed by atoms with Gasteiger partial charge in [0.25, 0.3) is 11.8 Å². The van der Waals surface area contributed by atoms with E-state index >= 15 is 0 Å². The van der Waals surface area contributed by atoms with Crippen LogP contribution in [0.1, 0.15) is 49.5 Å². The number of methoxy groups -OCH3 is 2. The summed E-state index contributed by atoms with van der Waals surface area (Å²) in [6, 6.07) is 11.3. The lowest BCUT2D eigenvalue weighted by atomic mass is 10.0. The number of carbonyl (C=O) groups excluding carboxylic acids is 3. The maximum Gasteiger partial charge on any atom is 0.329 e. The molecule has 0 spiro atoms. The molecule has 178 valence electrons. The van der Waals surface area contributed by atoms with Crippen LogP contribution in [0.3, 0.4) is 0 Å². The third-order valence-electron chi connectivity index (χ3n) is 5.03. The topological polar surface area (TPSA) is 103 Å². The van der Waals surface area contributed by atoms with Crippen molar-refractivity contribution in [1.29, 1.82) is 0 Å². The molecule has 0 unspecified atom stereocenters. The van der Waals surface area contributed by atoms with Crippen molar-refractivity contribution in [3.05, 3.63) is 53.6 Å². The van der Waals surface area contributed by atoms with Crippen LogP contribution >= 0.6 is 0 Å². The number of anilines is 1. The number of esters is 1. The molecule has 0 aliphatic heterocycles. The minimum Gasteiger partial charge on any atom is -0.497 e. The Labute approximate surface area is 194 Å². The van der Waals surface area contributed by atoms with Crippen LogP contribution in [-0.4, -0.2) is 44.7 Å². The Hall–Kier alpha value is -3.55. The zero-order valence-corrected chi connectivity index (χ0v) is 19.9. The van der Waals surface area contributed by atoms with Gasteiger partial charge in [-0.3, -0.25) is 9.59 Å². The fourth-order valence-corrected chi connectivity index (χ4v) is 3.04. The molecule has 33 heavy (non-hydrogen) atoms. The molecule has 2 N–H and O–H groups in total. The number of rotatable bonds is 10. The first-order valence-corrected chi connectivity index (χ1v) is 10.7. The summed E-state index contributed by atoms with van der Waals surface area (Å²) >= 11 is 0. The Kier molecular flexibility index (Phi) is 9.27. The lowest BCUT2D eigenvalue weighted by Gasteiger charge is -2.21. The van der Waals surface area contributed by atoms with Gasteiger partial charge >= 0.3 is 5.97 Å². The second kappa shape index (κ2) is 11.9. The molecular formula is C25H32N2O6. The SMILES string of the molecule is COc1cc(OC)cc(C(=O)N[C@H](C(=O)OCC(=O)Nc2ccc(C(C)C)cc2)C(C)C)c1. The van der Waals surface area contributed by atoms with Crippen molar-refractivity contribution in [1.82, 2.24) is 5.32 Å². The number of hydrogen-bond acceptors (Lipinski definition) is 6. The number of carbonyl (C=O) groups is 3. The van der Waals surface area contributed by atoms with Gasteiger partial charge in [0.1, 0.15) is 17.5 Å². The van der Waals surface area contributed by atoms with E-state index in [0.717, 1.165) is 5.56 Å². The Bertz CT molecular complexity index is 947. The number of benzene rings is 2. The highest BCUT2D eigenvalue weighted by molar-refractivity contribution is 5.98. The highest BCUT2D eigenvalue weighted by Gasteiger charge is 2.27. The van der Waals surface area contributed by atoms with E-state index < -0.39 is 30.4 Å². The van der Waals surface area contributed by atoms with E-state index in [0.29, 0.717) is 23.1 Å². The maximum atomic E-state index is 12.7. The molecule has 0 aliphatic carbocycles. The lowest BCUT2D eigenvalue weighted by molar-refractivity contribution is -0.150. The van der Waals surface area contributed by atoms with Gasteiger partial charge in [0.05, 0.1) is 14.2 Å². The van der Waals surface area contributed by atoms with E-state index in [2.05, 4.69) is 24.5 Å². The van der Waals surface area contributed by atoms with Crippen molar-refractivity contribution in [2.75, 3.05) is 26.1 Å². The number of ether oxygens (including phenoxy) is 3. The molecule has 0 saturated carbocycles. The van der Waals surface area contributed by atoms with Gasteiger partial charge in [-0.25, -0.2) is 4.79 Å². The summed E-state index contributed by atoms with van der Waals surface area (Å²) in [6.07, 6.45) is 0. The van der Waals surface area contributed by atoms with Crippen molar-refractivity contribution < 1.29 is 28.6 Å². The Balaban J connectivity index is 1.98. The summed E-state index contributed by atoms with van der Waals surface area (Å²) in [5.41, 5.74) is 2.04. The van der Waals surface area contributed by atoms with Gasteiger partial charge in [-0.15, -0.1) is 0 Å². The van der Waals surface area contributed by atoms with E-state index in [1.54, 1.807) is 44.2 Å². The number of hydrogen-bond donors (Lipinski definition) is 2. The molecule has 0 aromatic heterocycles. The predicted molar refractivity (Wildman–Crippen MR) is 126 cm³/mol. The average molecular weight is 457 g/mol. The summed E-state index contributed by atoms with van der Waals surface area (Å²) in [6.45, 7) is 7.25. The van der Waals surface area contributed by atoms with E-state index in [1.165, 1.54) is 14.2 Å². The summed E-state index contributed by atoms with van der Waals surface area (Å²) < 4.78 is 15.5. The van der Waals surface area contributed by atoms with E-state index in [4.69, 9.17) is 14.2 Å².